The number of carbonyl (C=O) groups excluding carboxylic acids is 2. The maximum absolute atomic E-state index is 12.9. The number of carbonyl (C=O) groups is 2. The maximum Gasteiger partial charge on any atom is 0.416 e. The van der Waals surface area contributed by atoms with Gasteiger partial charge in [0, 0.05) is 24.6 Å². The molecule has 3 rings (SSSR count). The van der Waals surface area contributed by atoms with Crippen LogP contribution in [0, 0.1) is 5.92 Å². The van der Waals surface area contributed by atoms with Crippen molar-refractivity contribution >= 4 is 29.1 Å². The number of nitrogens with one attached hydrogen (secondary N) is 1. The standard InChI is InChI=1S/C24H26ClF3N2O2/c1-23(2,3)17-6-4-16(5-7-17)22(32)30-12-10-15(11-13-30)21(31)29-20-14-18(24(26,27)28)8-9-19(20)25/h4-9,14-15H,10-13H2,1-3H3,(H,29,31). The van der Waals surface area contributed by atoms with Crippen LogP contribution in [0.4, 0.5) is 18.9 Å². The molecule has 172 valence electrons. The van der Waals surface area contributed by atoms with E-state index >= 15 is 0 Å². The maximum atomic E-state index is 12.9. The smallest absolute Gasteiger partial charge is 0.339 e. The summed E-state index contributed by atoms with van der Waals surface area (Å²) in [5.41, 5.74) is 0.781. The first-order valence-corrected chi connectivity index (χ1v) is 10.8. The molecule has 1 aliphatic heterocycles. The predicted molar refractivity (Wildman–Crippen MR) is 119 cm³/mol. The SMILES string of the molecule is CC(C)(C)c1ccc(C(=O)N2CCC(C(=O)Nc3cc(C(F)(F)F)ccc3Cl)CC2)cc1. The second kappa shape index (κ2) is 9.14. The van der Waals surface area contributed by atoms with E-state index in [2.05, 4.69) is 26.1 Å². The minimum absolute atomic E-state index is 0.00417. The first kappa shape index (κ1) is 24.1. The van der Waals surface area contributed by atoms with Gasteiger partial charge in [0.1, 0.15) is 0 Å². The minimum Gasteiger partial charge on any atom is -0.339 e. The second-order valence-electron chi connectivity index (χ2n) is 9.08. The van der Waals surface area contributed by atoms with Crippen LogP contribution in [0.2, 0.25) is 5.02 Å². The van der Waals surface area contributed by atoms with Gasteiger partial charge in [0.15, 0.2) is 0 Å². The molecular weight excluding hydrogens is 441 g/mol. The number of rotatable bonds is 3. The van der Waals surface area contributed by atoms with Crippen LogP contribution < -0.4 is 5.32 Å². The Morgan fingerprint density at radius 1 is 0.969 bits per heavy atom. The van der Waals surface area contributed by atoms with Crippen LogP contribution in [0.1, 0.15) is 55.1 Å². The van der Waals surface area contributed by atoms with E-state index in [1.165, 1.54) is 0 Å². The molecule has 8 heteroatoms. The number of anilines is 1. The highest BCUT2D eigenvalue weighted by atomic mass is 35.5. The molecule has 1 N–H and O–H groups in total. The van der Waals surface area contributed by atoms with Gasteiger partial charge in [0.05, 0.1) is 16.3 Å². The van der Waals surface area contributed by atoms with Crippen molar-refractivity contribution in [2.75, 3.05) is 18.4 Å². The van der Waals surface area contributed by atoms with E-state index in [0.717, 1.165) is 23.8 Å². The lowest BCUT2D eigenvalue weighted by atomic mass is 9.86. The van der Waals surface area contributed by atoms with Gasteiger partial charge >= 0.3 is 6.18 Å². The lowest BCUT2D eigenvalue weighted by molar-refractivity contribution is -0.137. The van der Waals surface area contributed by atoms with Crippen LogP contribution in [0.15, 0.2) is 42.5 Å². The monoisotopic (exact) mass is 466 g/mol. The van der Waals surface area contributed by atoms with Crippen LogP contribution in [0.25, 0.3) is 0 Å². The molecule has 0 unspecified atom stereocenters. The van der Waals surface area contributed by atoms with Gasteiger partial charge in [-0.2, -0.15) is 13.2 Å². The van der Waals surface area contributed by atoms with E-state index < -0.39 is 23.6 Å². The van der Waals surface area contributed by atoms with Crippen LogP contribution in [-0.2, 0) is 16.4 Å². The summed E-state index contributed by atoms with van der Waals surface area (Å²) in [6.07, 6.45) is -3.68. The number of hydrogen-bond acceptors (Lipinski definition) is 2. The number of alkyl halides is 3. The van der Waals surface area contributed by atoms with Crippen LogP contribution in [0.3, 0.4) is 0 Å². The van der Waals surface area contributed by atoms with Crippen molar-refractivity contribution in [2.24, 2.45) is 5.92 Å². The molecule has 0 spiro atoms. The molecule has 2 aromatic rings. The van der Waals surface area contributed by atoms with Crippen molar-refractivity contribution in [2.45, 2.75) is 45.2 Å². The first-order chi connectivity index (χ1) is 14.9. The van der Waals surface area contributed by atoms with Gasteiger partial charge in [-0.3, -0.25) is 9.59 Å². The third-order valence-electron chi connectivity index (χ3n) is 5.70. The largest absolute Gasteiger partial charge is 0.416 e. The Hall–Kier alpha value is -2.54. The van der Waals surface area contributed by atoms with Crippen LogP contribution in [0.5, 0.6) is 0 Å². The highest BCUT2D eigenvalue weighted by Gasteiger charge is 2.32. The molecule has 0 saturated carbocycles. The van der Waals surface area contributed by atoms with Crippen molar-refractivity contribution in [1.82, 2.24) is 4.90 Å². The molecule has 4 nitrogen and oxygen atoms in total. The van der Waals surface area contributed by atoms with E-state index in [1.54, 1.807) is 4.90 Å². The van der Waals surface area contributed by atoms with Crippen molar-refractivity contribution in [3.63, 3.8) is 0 Å². The number of likely N-dealkylation sites (tertiary alicyclic amines) is 1. The van der Waals surface area contributed by atoms with Gasteiger partial charge < -0.3 is 10.2 Å². The van der Waals surface area contributed by atoms with E-state index in [1.807, 2.05) is 24.3 Å². The van der Waals surface area contributed by atoms with Crippen LogP contribution in [-0.4, -0.2) is 29.8 Å². The number of nitrogens with zero attached hydrogens (tertiary/aromatic N) is 1. The highest BCUT2D eigenvalue weighted by Crippen LogP contribution is 2.34. The fourth-order valence-electron chi connectivity index (χ4n) is 3.67. The van der Waals surface area contributed by atoms with E-state index in [-0.39, 0.29) is 22.0 Å². The average Bonchev–Trinajstić information content (AvgIpc) is 2.73. The molecule has 0 aliphatic carbocycles. The Labute approximate surface area is 190 Å². The molecule has 0 atom stereocenters. The summed E-state index contributed by atoms with van der Waals surface area (Å²) >= 11 is 5.97. The molecular formula is C24H26ClF3N2O2. The van der Waals surface area contributed by atoms with Gasteiger partial charge in [0.25, 0.3) is 5.91 Å². The van der Waals surface area contributed by atoms with Crippen LogP contribution >= 0.6 is 11.6 Å². The summed E-state index contributed by atoms with van der Waals surface area (Å²) in [5, 5.41) is 2.55. The fourth-order valence-corrected chi connectivity index (χ4v) is 3.84. The quantitative estimate of drug-likeness (QED) is 0.590. The zero-order chi connectivity index (χ0) is 23.7. The Kier molecular flexibility index (Phi) is 6.89. The topological polar surface area (TPSA) is 49.4 Å². The summed E-state index contributed by atoms with van der Waals surface area (Å²) in [7, 11) is 0. The Balaban J connectivity index is 1.60. The van der Waals surface area contributed by atoms with E-state index in [9.17, 15) is 22.8 Å². The zero-order valence-corrected chi connectivity index (χ0v) is 19.0. The molecule has 32 heavy (non-hydrogen) atoms. The first-order valence-electron chi connectivity index (χ1n) is 10.4. The molecule has 1 aliphatic rings. The second-order valence-corrected chi connectivity index (χ2v) is 9.48. The molecule has 1 saturated heterocycles. The van der Waals surface area contributed by atoms with E-state index in [4.69, 9.17) is 11.6 Å². The summed E-state index contributed by atoms with van der Waals surface area (Å²) in [4.78, 5) is 27.1. The Bertz CT molecular complexity index is 990. The number of piperidine rings is 1. The van der Waals surface area contributed by atoms with Gasteiger partial charge in [-0.1, -0.05) is 44.5 Å². The number of amides is 2. The Morgan fingerprint density at radius 3 is 2.06 bits per heavy atom. The predicted octanol–water partition coefficient (Wildman–Crippen LogP) is 6.15. The summed E-state index contributed by atoms with van der Waals surface area (Å²) in [6.45, 7) is 7.10. The van der Waals surface area contributed by atoms with Gasteiger partial charge in [0.2, 0.25) is 5.91 Å². The molecule has 0 aromatic heterocycles. The minimum atomic E-state index is -4.53. The van der Waals surface area contributed by atoms with Crippen molar-refractivity contribution in [3.8, 4) is 0 Å². The van der Waals surface area contributed by atoms with E-state index in [0.29, 0.717) is 31.5 Å². The highest BCUT2D eigenvalue weighted by molar-refractivity contribution is 6.33. The van der Waals surface area contributed by atoms with Crippen molar-refractivity contribution in [1.29, 1.82) is 0 Å². The molecule has 1 heterocycles. The third kappa shape index (κ3) is 5.63. The number of halogens is 4. The lowest BCUT2D eigenvalue weighted by Gasteiger charge is -2.31. The molecule has 2 aromatic carbocycles. The van der Waals surface area contributed by atoms with Gasteiger partial charge in [-0.15, -0.1) is 0 Å². The van der Waals surface area contributed by atoms with Gasteiger partial charge in [-0.05, 0) is 54.2 Å². The Morgan fingerprint density at radius 2 is 1.53 bits per heavy atom. The molecule has 2 amide bonds. The summed E-state index contributed by atoms with van der Waals surface area (Å²) in [6, 6.07) is 10.4. The van der Waals surface area contributed by atoms with Crippen molar-refractivity contribution in [3.05, 3.63) is 64.2 Å². The fraction of sp³-hybridized carbons (Fsp3) is 0.417. The summed E-state index contributed by atoms with van der Waals surface area (Å²) in [5.74, 6) is -0.897. The van der Waals surface area contributed by atoms with Gasteiger partial charge in [-0.25, -0.2) is 0 Å². The molecule has 0 bridgehead atoms. The third-order valence-corrected chi connectivity index (χ3v) is 6.03. The lowest BCUT2D eigenvalue weighted by Crippen LogP contribution is -2.41. The zero-order valence-electron chi connectivity index (χ0n) is 18.2. The summed E-state index contributed by atoms with van der Waals surface area (Å²) < 4.78 is 38.8. The average molecular weight is 467 g/mol. The number of benzene rings is 2. The van der Waals surface area contributed by atoms with Crippen molar-refractivity contribution < 1.29 is 22.8 Å². The molecule has 1 fully saturated rings. The molecule has 0 radical (unpaired) electrons. The normalized spacial score (nSPS) is 15.5. The number of hydrogen-bond donors (Lipinski definition) is 1.